The molecule has 2 N–H and O–H groups in total. The Bertz CT molecular complexity index is 1030. The normalized spacial score (nSPS) is 23.4. The van der Waals surface area contributed by atoms with Gasteiger partial charge in [-0.3, -0.25) is 14.5 Å². The fourth-order valence-electron chi connectivity index (χ4n) is 5.40. The van der Waals surface area contributed by atoms with E-state index in [0.717, 1.165) is 56.8 Å². The Labute approximate surface area is 194 Å². The van der Waals surface area contributed by atoms with E-state index in [0.29, 0.717) is 30.1 Å². The number of fused-ring (bicyclic) bond motifs is 4. The topological polar surface area (TPSA) is 83.0 Å². The molecule has 2 aromatic rings. The van der Waals surface area contributed by atoms with Crippen molar-refractivity contribution in [1.29, 1.82) is 0 Å². The molecule has 0 amide bonds. The number of hydrogen-bond donors (Lipinski definition) is 2. The maximum atomic E-state index is 13.1. The summed E-state index contributed by atoms with van der Waals surface area (Å²) < 4.78 is 2.05. The first-order chi connectivity index (χ1) is 14.1. The smallest absolute Gasteiger partial charge is 0.255 e. The van der Waals surface area contributed by atoms with Gasteiger partial charge in [0.1, 0.15) is 5.82 Å². The van der Waals surface area contributed by atoms with E-state index in [4.69, 9.17) is 0 Å². The van der Waals surface area contributed by atoms with Gasteiger partial charge in [0.15, 0.2) is 0 Å². The van der Waals surface area contributed by atoms with E-state index in [2.05, 4.69) is 32.3 Å². The van der Waals surface area contributed by atoms with E-state index < -0.39 is 0 Å². The van der Waals surface area contributed by atoms with Crippen LogP contribution in [-0.4, -0.2) is 45.6 Å². The second-order valence-electron chi connectivity index (χ2n) is 8.96. The summed E-state index contributed by atoms with van der Waals surface area (Å²) in [7, 11) is 0. The third kappa shape index (κ3) is 4.90. The summed E-state index contributed by atoms with van der Waals surface area (Å²) in [5.74, 6) is 2.06. The summed E-state index contributed by atoms with van der Waals surface area (Å²) in [6, 6.07) is 5.87. The van der Waals surface area contributed by atoms with Gasteiger partial charge in [-0.05, 0) is 57.8 Å². The van der Waals surface area contributed by atoms with Gasteiger partial charge in [0.25, 0.3) is 11.1 Å². The number of H-pyrrole nitrogens is 1. The molecule has 31 heavy (non-hydrogen) atoms. The first kappa shape index (κ1) is 24.0. The lowest BCUT2D eigenvalue weighted by atomic mass is 9.84. The van der Waals surface area contributed by atoms with Gasteiger partial charge in [0, 0.05) is 48.8 Å². The molecule has 5 heterocycles. The van der Waals surface area contributed by atoms with Crippen molar-refractivity contribution < 1.29 is 0 Å². The zero-order valence-electron chi connectivity index (χ0n) is 17.8. The molecule has 5 rings (SSSR count). The van der Waals surface area contributed by atoms with Crippen molar-refractivity contribution in [2.75, 3.05) is 26.2 Å². The van der Waals surface area contributed by atoms with Crippen LogP contribution in [0.3, 0.4) is 0 Å². The number of aromatic nitrogens is 3. The lowest BCUT2D eigenvalue weighted by Gasteiger charge is -2.38. The van der Waals surface area contributed by atoms with Crippen LogP contribution in [0.5, 0.6) is 0 Å². The van der Waals surface area contributed by atoms with E-state index in [1.165, 1.54) is 12.1 Å². The Morgan fingerprint density at radius 1 is 1.10 bits per heavy atom. The van der Waals surface area contributed by atoms with Crippen LogP contribution in [0.2, 0.25) is 0 Å². The number of rotatable bonds is 3. The van der Waals surface area contributed by atoms with Crippen LogP contribution >= 0.6 is 24.8 Å². The van der Waals surface area contributed by atoms with Crippen LogP contribution in [-0.2, 0) is 13.1 Å². The van der Waals surface area contributed by atoms with Crippen molar-refractivity contribution in [3.63, 3.8) is 0 Å². The van der Waals surface area contributed by atoms with Gasteiger partial charge >= 0.3 is 0 Å². The molecule has 2 bridgehead atoms. The molecule has 2 atom stereocenters. The van der Waals surface area contributed by atoms with Crippen molar-refractivity contribution >= 4 is 24.8 Å². The largest absolute Gasteiger partial charge is 0.316 e. The zero-order chi connectivity index (χ0) is 20.0. The highest BCUT2D eigenvalue weighted by Gasteiger charge is 2.31. The van der Waals surface area contributed by atoms with Crippen molar-refractivity contribution in [2.24, 2.45) is 5.92 Å². The number of likely N-dealkylation sites (tertiary alicyclic amines) is 1. The summed E-state index contributed by atoms with van der Waals surface area (Å²) >= 11 is 0. The molecule has 0 unspecified atom stereocenters. The molecule has 2 aromatic heterocycles. The Hall–Kier alpha value is -1.67. The second-order valence-corrected chi connectivity index (χ2v) is 8.96. The summed E-state index contributed by atoms with van der Waals surface area (Å²) in [6.45, 7) is 7.24. The Morgan fingerprint density at radius 2 is 1.87 bits per heavy atom. The molecule has 170 valence electrons. The zero-order valence-corrected chi connectivity index (χ0v) is 19.4. The number of pyridine rings is 1. The van der Waals surface area contributed by atoms with Gasteiger partial charge in [-0.2, -0.15) is 0 Å². The standard InChI is InChI=1S/C22H29N5O2.2ClH/c1-14-24-19(9-21(28)25-14)16-4-6-26(7-5-16)13-17-2-3-20-18-8-15(10-23-11-18)12-27(20)22(17)29;;/h2-3,9,15-16,18,23H,4-8,10-13H2,1H3,(H,24,25,28);2*1H/t15-,18+;;/m0../s1. The summed E-state index contributed by atoms with van der Waals surface area (Å²) in [6.07, 6.45) is 3.14. The third-order valence-corrected chi connectivity index (χ3v) is 6.87. The average molecular weight is 468 g/mol. The predicted molar refractivity (Wildman–Crippen MR) is 126 cm³/mol. The molecule has 0 spiro atoms. The van der Waals surface area contributed by atoms with E-state index in [9.17, 15) is 9.59 Å². The van der Waals surface area contributed by atoms with Crippen LogP contribution < -0.4 is 16.4 Å². The highest BCUT2D eigenvalue weighted by Crippen LogP contribution is 2.32. The van der Waals surface area contributed by atoms with Crippen LogP contribution in [0.15, 0.2) is 27.8 Å². The van der Waals surface area contributed by atoms with Gasteiger partial charge in [-0.15, -0.1) is 24.8 Å². The van der Waals surface area contributed by atoms with Crippen molar-refractivity contribution in [3.8, 4) is 0 Å². The van der Waals surface area contributed by atoms with Gasteiger partial charge in [0.2, 0.25) is 0 Å². The summed E-state index contributed by atoms with van der Waals surface area (Å²) in [5.41, 5.74) is 3.15. The molecule has 0 saturated carbocycles. The van der Waals surface area contributed by atoms with Gasteiger partial charge in [-0.25, -0.2) is 4.98 Å². The van der Waals surface area contributed by atoms with Crippen molar-refractivity contribution in [1.82, 2.24) is 24.8 Å². The maximum Gasteiger partial charge on any atom is 0.255 e. The van der Waals surface area contributed by atoms with Crippen molar-refractivity contribution in [3.05, 3.63) is 61.7 Å². The van der Waals surface area contributed by atoms with E-state index >= 15 is 0 Å². The highest BCUT2D eigenvalue weighted by atomic mass is 35.5. The SMILES string of the molecule is Cc1nc(C2CCN(Cc3ccc4n(c3=O)C[C@@H]3CNC[C@H]4C3)CC2)cc(=O)[nH]1.Cl.Cl. The predicted octanol–water partition coefficient (Wildman–Crippen LogP) is 2.17. The van der Waals surface area contributed by atoms with Crippen LogP contribution in [0.1, 0.15) is 53.9 Å². The number of aromatic amines is 1. The van der Waals surface area contributed by atoms with Crippen LogP contribution in [0.4, 0.5) is 0 Å². The van der Waals surface area contributed by atoms with E-state index in [1.54, 1.807) is 6.07 Å². The lowest BCUT2D eigenvalue weighted by molar-refractivity contribution is 0.200. The molecule has 9 heteroatoms. The van der Waals surface area contributed by atoms with Gasteiger partial charge in [-0.1, -0.05) is 6.07 Å². The molecule has 3 aliphatic heterocycles. The molecular weight excluding hydrogens is 437 g/mol. The molecule has 3 aliphatic rings. The van der Waals surface area contributed by atoms with E-state index in [-0.39, 0.29) is 35.9 Å². The number of hydrogen-bond acceptors (Lipinski definition) is 5. The third-order valence-electron chi connectivity index (χ3n) is 6.87. The van der Waals surface area contributed by atoms with Gasteiger partial charge in [0.05, 0.1) is 5.69 Å². The van der Waals surface area contributed by atoms with Crippen LogP contribution in [0.25, 0.3) is 0 Å². The number of halogens is 2. The highest BCUT2D eigenvalue weighted by molar-refractivity contribution is 5.85. The lowest BCUT2D eigenvalue weighted by Crippen LogP contribution is -2.45. The minimum Gasteiger partial charge on any atom is -0.316 e. The number of nitrogens with zero attached hydrogens (tertiary/aromatic N) is 3. The minimum absolute atomic E-state index is 0. The molecule has 0 aromatic carbocycles. The maximum absolute atomic E-state index is 13.1. The van der Waals surface area contributed by atoms with Crippen LogP contribution in [0, 0.1) is 12.8 Å². The Morgan fingerprint density at radius 3 is 2.61 bits per heavy atom. The molecule has 2 fully saturated rings. The molecule has 7 nitrogen and oxygen atoms in total. The fraction of sp³-hybridized carbons (Fsp3) is 0.591. The number of aryl methyl sites for hydroxylation is 1. The van der Waals surface area contributed by atoms with Gasteiger partial charge < -0.3 is 14.9 Å². The van der Waals surface area contributed by atoms with Crippen molar-refractivity contribution in [2.45, 2.75) is 51.1 Å². The summed E-state index contributed by atoms with van der Waals surface area (Å²) in [5, 5.41) is 3.50. The second kappa shape index (κ2) is 9.86. The molecule has 0 aliphatic carbocycles. The van der Waals surface area contributed by atoms with E-state index in [1.807, 2.05) is 11.5 Å². The Kier molecular flexibility index (Phi) is 7.63. The quantitative estimate of drug-likeness (QED) is 0.722. The fourth-order valence-corrected chi connectivity index (χ4v) is 5.40. The number of piperidine rings is 2. The Balaban J connectivity index is 0.00000136. The monoisotopic (exact) mass is 467 g/mol. The minimum atomic E-state index is -0.0722. The summed E-state index contributed by atoms with van der Waals surface area (Å²) in [4.78, 5) is 34.5. The molecule has 2 saturated heterocycles. The number of nitrogens with one attached hydrogen (secondary N) is 2. The first-order valence-electron chi connectivity index (χ1n) is 10.8. The molecular formula is C22H31Cl2N5O2. The first-order valence-corrected chi connectivity index (χ1v) is 10.8. The average Bonchev–Trinajstić information content (AvgIpc) is 2.71. The molecule has 0 radical (unpaired) electrons.